The quantitative estimate of drug-likeness (QED) is 0.508. The maximum atomic E-state index is 13.7. The number of hydrogen-bond donors (Lipinski definition) is 2. The monoisotopic (exact) mass is 388 g/mol. The zero-order valence-electron chi connectivity index (χ0n) is 13.3. The van der Waals surface area contributed by atoms with Crippen molar-refractivity contribution in [3.63, 3.8) is 0 Å². The van der Waals surface area contributed by atoms with E-state index in [2.05, 4.69) is 27.8 Å². The van der Waals surface area contributed by atoms with Gasteiger partial charge in [-0.1, -0.05) is 48.0 Å². The van der Waals surface area contributed by atoms with Crippen molar-refractivity contribution in [3.8, 4) is 0 Å². The number of thioether (sulfide) groups is 1. The molecule has 0 fully saturated rings. The van der Waals surface area contributed by atoms with E-state index in [0.29, 0.717) is 4.34 Å². The van der Waals surface area contributed by atoms with Crippen LogP contribution in [0.5, 0.6) is 0 Å². The van der Waals surface area contributed by atoms with Crippen LogP contribution in [0.3, 0.4) is 0 Å². The number of nitrogens with one attached hydrogen (secondary N) is 2. The Balaban J connectivity index is 1.89. The first-order chi connectivity index (χ1) is 11.5. The zero-order chi connectivity index (χ0) is 17.5. The van der Waals surface area contributed by atoms with Crippen LogP contribution in [-0.2, 0) is 4.79 Å². The van der Waals surface area contributed by atoms with E-state index in [1.165, 1.54) is 35.2 Å². The van der Waals surface area contributed by atoms with Crippen molar-refractivity contribution in [1.82, 2.24) is 10.2 Å². The van der Waals surface area contributed by atoms with Crippen molar-refractivity contribution in [3.05, 3.63) is 29.0 Å². The van der Waals surface area contributed by atoms with Gasteiger partial charge >= 0.3 is 0 Å². The second-order valence-corrected chi connectivity index (χ2v) is 8.03. The Hall–Kier alpha value is -1.38. The van der Waals surface area contributed by atoms with Crippen LogP contribution >= 0.6 is 34.7 Å². The van der Waals surface area contributed by atoms with Crippen LogP contribution in [0.4, 0.5) is 15.2 Å². The minimum Gasteiger partial charge on any atom is -0.360 e. The largest absolute Gasteiger partial charge is 0.360 e. The molecule has 2 N–H and O–H groups in total. The van der Waals surface area contributed by atoms with Gasteiger partial charge in [-0.3, -0.25) is 4.79 Å². The van der Waals surface area contributed by atoms with Gasteiger partial charge in [0, 0.05) is 11.6 Å². The van der Waals surface area contributed by atoms with Crippen molar-refractivity contribution in [2.24, 2.45) is 0 Å². The molecule has 1 atom stereocenters. The average molecular weight is 389 g/mol. The third kappa shape index (κ3) is 5.61. The van der Waals surface area contributed by atoms with E-state index in [9.17, 15) is 9.18 Å². The van der Waals surface area contributed by atoms with Gasteiger partial charge in [0.25, 0.3) is 0 Å². The number of rotatable bonds is 8. The lowest BCUT2D eigenvalue weighted by Crippen LogP contribution is -2.22. The molecule has 0 aliphatic heterocycles. The summed E-state index contributed by atoms with van der Waals surface area (Å²) in [6, 6.07) is 4.12. The van der Waals surface area contributed by atoms with E-state index in [1.54, 1.807) is 6.92 Å². The molecule has 0 saturated heterocycles. The summed E-state index contributed by atoms with van der Waals surface area (Å²) < 4.78 is 14.4. The number of carbonyl (C=O) groups excluding carboxylic acids is 1. The molecule has 0 spiro atoms. The molecule has 2 aromatic rings. The second-order valence-electron chi connectivity index (χ2n) is 5.03. The molecular weight excluding hydrogens is 371 g/mol. The highest BCUT2D eigenvalue weighted by molar-refractivity contribution is 8.02. The molecule has 1 aromatic heterocycles. The molecule has 0 aliphatic carbocycles. The molecule has 0 unspecified atom stereocenters. The number of unbranched alkanes of at least 4 members (excludes halogenated alkanes) is 1. The highest BCUT2D eigenvalue weighted by Gasteiger charge is 2.18. The van der Waals surface area contributed by atoms with E-state index in [0.717, 1.165) is 30.6 Å². The van der Waals surface area contributed by atoms with Gasteiger partial charge in [-0.2, -0.15) is 0 Å². The topological polar surface area (TPSA) is 66.9 Å². The molecule has 1 amide bonds. The lowest BCUT2D eigenvalue weighted by Gasteiger charge is -2.11. The number of anilines is 2. The molecule has 0 saturated carbocycles. The Kier molecular flexibility index (Phi) is 7.26. The summed E-state index contributed by atoms with van der Waals surface area (Å²) in [5.41, 5.74) is 0.107. The van der Waals surface area contributed by atoms with Crippen molar-refractivity contribution < 1.29 is 9.18 Å². The summed E-state index contributed by atoms with van der Waals surface area (Å²) in [4.78, 5) is 12.2. The van der Waals surface area contributed by atoms with Gasteiger partial charge in [-0.05, 0) is 31.5 Å². The Labute approximate surface area is 153 Å². The Morgan fingerprint density at radius 1 is 1.46 bits per heavy atom. The predicted molar refractivity (Wildman–Crippen MR) is 98.7 cm³/mol. The third-order valence-electron chi connectivity index (χ3n) is 3.05. The summed E-state index contributed by atoms with van der Waals surface area (Å²) in [6.07, 6.45) is 2.17. The number of benzene rings is 1. The number of halogens is 2. The number of amides is 1. The van der Waals surface area contributed by atoms with Crippen LogP contribution in [0.25, 0.3) is 0 Å². The molecule has 130 valence electrons. The second kappa shape index (κ2) is 9.19. The van der Waals surface area contributed by atoms with E-state index < -0.39 is 11.1 Å². The first kappa shape index (κ1) is 19.0. The van der Waals surface area contributed by atoms with Gasteiger partial charge < -0.3 is 10.6 Å². The van der Waals surface area contributed by atoms with Crippen LogP contribution in [0.2, 0.25) is 5.02 Å². The maximum absolute atomic E-state index is 13.7. The van der Waals surface area contributed by atoms with Crippen molar-refractivity contribution in [2.45, 2.75) is 36.3 Å². The molecule has 1 aromatic carbocycles. The average Bonchev–Trinajstić information content (AvgIpc) is 2.97. The molecule has 0 bridgehead atoms. The maximum Gasteiger partial charge on any atom is 0.237 e. The smallest absolute Gasteiger partial charge is 0.237 e. The Morgan fingerprint density at radius 2 is 2.25 bits per heavy atom. The van der Waals surface area contributed by atoms with Gasteiger partial charge in [-0.15, -0.1) is 10.2 Å². The minimum absolute atomic E-state index is 0.107. The van der Waals surface area contributed by atoms with Gasteiger partial charge in [0.15, 0.2) is 4.34 Å². The van der Waals surface area contributed by atoms with E-state index in [-0.39, 0.29) is 16.6 Å². The number of hydrogen-bond acceptors (Lipinski definition) is 6. The van der Waals surface area contributed by atoms with Crippen LogP contribution in [-0.4, -0.2) is 27.9 Å². The third-order valence-corrected chi connectivity index (χ3v) is 5.35. The molecule has 2 rings (SSSR count). The fraction of sp³-hybridized carbons (Fsp3) is 0.400. The Morgan fingerprint density at radius 3 is 2.96 bits per heavy atom. The number of carbonyl (C=O) groups is 1. The summed E-state index contributed by atoms with van der Waals surface area (Å²) in [5.74, 6) is -0.872. The van der Waals surface area contributed by atoms with Gasteiger partial charge in [0.1, 0.15) is 5.82 Å². The summed E-state index contributed by atoms with van der Waals surface area (Å²) in [6.45, 7) is 4.70. The van der Waals surface area contributed by atoms with Crippen molar-refractivity contribution in [1.29, 1.82) is 0 Å². The Bertz CT molecular complexity index is 698. The summed E-state index contributed by atoms with van der Waals surface area (Å²) in [5, 5.41) is 14.4. The van der Waals surface area contributed by atoms with Crippen LogP contribution < -0.4 is 10.6 Å². The predicted octanol–water partition coefficient (Wildman–Crippen LogP) is 4.66. The summed E-state index contributed by atoms with van der Waals surface area (Å²) in [7, 11) is 0. The molecule has 0 aliphatic rings. The highest BCUT2D eigenvalue weighted by atomic mass is 35.5. The summed E-state index contributed by atoms with van der Waals surface area (Å²) >= 11 is 8.38. The van der Waals surface area contributed by atoms with Crippen molar-refractivity contribution >= 4 is 51.4 Å². The number of nitrogens with zero attached hydrogens (tertiary/aromatic N) is 2. The van der Waals surface area contributed by atoms with Gasteiger partial charge in [0.2, 0.25) is 11.0 Å². The fourth-order valence-electron chi connectivity index (χ4n) is 1.73. The van der Waals surface area contributed by atoms with Crippen LogP contribution in [0, 0.1) is 5.82 Å². The SMILES string of the molecule is CCCCNc1nnc(S[C@@H](C)C(=O)Nc2ccc(Cl)cc2F)s1. The van der Waals surface area contributed by atoms with Crippen LogP contribution in [0.15, 0.2) is 22.5 Å². The molecule has 0 radical (unpaired) electrons. The van der Waals surface area contributed by atoms with Gasteiger partial charge in [-0.25, -0.2) is 4.39 Å². The zero-order valence-corrected chi connectivity index (χ0v) is 15.7. The lowest BCUT2D eigenvalue weighted by atomic mass is 10.3. The molecule has 1 heterocycles. The molecule has 24 heavy (non-hydrogen) atoms. The normalized spacial score (nSPS) is 12.0. The fourth-order valence-corrected chi connectivity index (χ4v) is 3.81. The molecule has 5 nitrogen and oxygen atoms in total. The minimum atomic E-state index is -0.564. The van der Waals surface area contributed by atoms with E-state index in [4.69, 9.17) is 11.6 Å². The van der Waals surface area contributed by atoms with E-state index in [1.807, 2.05) is 0 Å². The molecular formula is C15H18ClFN4OS2. The lowest BCUT2D eigenvalue weighted by molar-refractivity contribution is -0.115. The first-order valence-electron chi connectivity index (χ1n) is 7.49. The van der Waals surface area contributed by atoms with Crippen LogP contribution in [0.1, 0.15) is 26.7 Å². The van der Waals surface area contributed by atoms with Crippen molar-refractivity contribution in [2.75, 3.05) is 17.2 Å². The standard InChI is InChI=1S/C15H18ClFN4OS2/c1-3-4-7-18-14-20-21-15(24-14)23-9(2)13(22)19-12-6-5-10(16)8-11(12)17/h5-6,8-9H,3-4,7H2,1-2H3,(H,18,20)(H,19,22)/t9-/m0/s1. The first-order valence-corrected chi connectivity index (χ1v) is 9.57. The van der Waals surface area contributed by atoms with E-state index >= 15 is 0 Å². The highest BCUT2D eigenvalue weighted by Crippen LogP contribution is 2.29. The molecule has 9 heteroatoms. The number of aromatic nitrogens is 2. The van der Waals surface area contributed by atoms with Gasteiger partial charge in [0.05, 0.1) is 10.9 Å².